The van der Waals surface area contributed by atoms with Gasteiger partial charge in [0.2, 0.25) is 5.95 Å². The molecule has 1 aromatic heterocycles. The van der Waals surface area contributed by atoms with Gasteiger partial charge < -0.3 is 20.4 Å². The molecular weight excluding hydrogens is 318 g/mol. The van der Waals surface area contributed by atoms with Crippen molar-refractivity contribution in [3.8, 4) is 5.75 Å². The molecule has 3 N–H and O–H groups in total. The molecule has 0 radical (unpaired) electrons. The minimum absolute atomic E-state index is 0.397. The molecular formula is C18H25N5O2. The molecule has 2 aliphatic rings. The van der Waals surface area contributed by atoms with Gasteiger partial charge in [-0.15, -0.1) is 0 Å². The summed E-state index contributed by atoms with van der Waals surface area (Å²) in [5, 5.41) is 0. The zero-order valence-electron chi connectivity index (χ0n) is 14.4. The van der Waals surface area contributed by atoms with Gasteiger partial charge in [0.25, 0.3) is 0 Å². The summed E-state index contributed by atoms with van der Waals surface area (Å²) >= 11 is 0. The van der Waals surface area contributed by atoms with Crippen molar-refractivity contribution in [2.75, 3.05) is 31.1 Å². The maximum absolute atomic E-state index is 11.1. The number of ether oxygens (including phenoxy) is 1. The van der Waals surface area contributed by atoms with E-state index in [2.05, 4.69) is 19.8 Å². The quantitative estimate of drug-likeness (QED) is 0.894. The fourth-order valence-electron chi connectivity index (χ4n) is 4.08. The van der Waals surface area contributed by atoms with Crippen molar-refractivity contribution < 1.29 is 9.53 Å². The van der Waals surface area contributed by atoms with Crippen LogP contribution in [0.25, 0.3) is 11.0 Å². The topological polar surface area (TPSA) is 87.5 Å². The highest BCUT2D eigenvalue weighted by Crippen LogP contribution is 2.28. The summed E-state index contributed by atoms with van der Waals surface area (Å²) in [6, 6.07) is 6.22. The summed E-state index contributed by atoms with van der Waals surface area (Å²) in [6.45, 7) is 4.07. The molecule has 2 fully saturated rings. The number of aromatic amines is 1. The highest BCUT2D eigenvalue weighted by molar-refractivity contribution is 5.86. The van der Waals surface area contributed by atoms with Gasteiger partial charge in [0, 0.05) is 32.2 Å². The van der Waals surface area contributed by atoms with Crippen molar-refractivity contribution in [3.63, 3.8) is 0 Å². The molecule has 0 unspecified atom stereocenters. The van der Waals surface area contributed by atoms with Crippen LogP contribution in [0.15, 0.2) is 18.2 Å². The number of piperazine rings is 1. The van der Waals surface area contributed by atoms with Crippen LogP contribution in [0.1, 0.15) is 32.1 Å². The van der Waals surface area contributed by atoms with Gasteiger partial charge >= 0.3 is 6.09 Å². The van der Waals surface area contributed by atoms with Gasteiger partial charge in [0.05, 0.1) is 5.52 Å². The Labute approximate surface area is 147 Å². The number of anilines is 1. The number of carbonyl (C=O) groups is 1. The Morgan fingerprint density at radius 2 is 1.92 bits per heavy atom. The third kappa shape index (κ3) is 3.42. The lowest BCUT2D eigenvalue weighted by atomic mass is 9.94. The maximum atomic E-state index is 11.1. The molecule has 7 nitrogen and oxygen atoms in total. The molecule has 1 amide bonds. The third-order valence-corrected chi connectivity index (χ3v) is 5.38. The van der Waals surface area contributed by atoms with Crippen LogP contribution in [0.2, 0.25) is 0 Å². The van der Waals surface area contributed by atoms with Crippen molar-refractivity contribution in [1.29, 1.82) is 0 Å². The van der Waals surface area contributed by atoms with Crippen LogP contribution < -0.4 is 15.4 Å². The second-order valence-corrected chi connectivity index (χ2v) is 6.95. The van der Waals surface area contributed by atoms with E-state index in [0.29, 0.717) is 11.3 Å². The van der Waals surface area contributed by atoms with Gasteiger partial charge in [-0.1, -0.05) is 25.3 Å². The average molecular weight is 343 g/mol. The van der Waals surface area contributed by atoms with E-state index in [-0.39, 0.29) is 0 Å². The van der Waals surface area contributed by atoms with Crippen LogP contribution in [-0.2, 0) is 0 Å². The zero-order valence-corrected chi connectivity index (χ0v) is 14.4. The number of benzene rings is 1. The van der Waals surface area contributed by atoms with E-state index >= 15 is 0 Å². The molecule has 25 heavy (non-hydrogen) atoms. The van der Waals surface area contributed by atoms with E-state index in [9.17, 15) is 4.79 Å². The Morgan fingerprint density at radius 3 is 2.64 bits per heavy atom. The largest absolute Gasteiger partial charge is 0.410 e. The molecule has 0 bridgehead atoms. The highest BCUT2D eigenvalue weighted by Gasteiger charge is 2.26. The van der Waals surface area contributed by atoms with E-state index in [1.54, 1.807) is 6.07 Å². The summed E-state index contributed by atoms with van der Waals surface area (Å²) in [4.78, 5) is 23.9. The number of H-pyrrole nitrogens is 1. The van der Waals surface area contributed by atoms with Crippen molar-refractivity contribution in [1.82, 2.24) is 14.9 Å². The molecule has 134 valence electrons. The molecule has 1 saturated heterocycles. The van der Waals surface area contributed by atoms with E-state index in [0.717, 1.165) is 43.7 Å². The summed E-state index contributed by atoms with van der Waals surface area (Å²) in [7, 11) is 0. The van der Waals surface area contributed by atoms with Gasteiger partial charge in [-0.05, 0) is 25.0 Å². The van der Waals surface area contributed by atoms with E-state index in [4.69, 9.17) is 10.5 Å². The fraction of sp³-hybridized carbons (Fsp3) is 0.556. The van der Waals surface area contributed by atoms with Crippen LogP contribution in [0, 0.1) is 0 Å². The predicted octanol–water partition coefficient (Wildman–Crippen LogP) is 2.48. The van der Waals surface area contributed by atoms with Crippen molar-refractivity contribution >= 4 is 23.1 Å². The van der Waals surface area contributed by atoms with Gasteiger partial charge in [-0.25, -0.2) is 9.78 Å². The van der Waals surface area contributed by atoms with Gasteiger partial charge in [-0.2, -0.15) is 0 Å². The van der Waals surface area contributed by atoms with Crippen LogP contribution in [0.5, 0.6) is 5.75 Å². The number of para-hydroxylation sites is 1. The number of nitrogens with two attached hydrogens (primary N) is 1. The summed E-state index contributed by atoms with van der Waals surface area (Å²) < 4.78 is 5.05. The fourth-order valence-corrected chi connectivity index (χ4v) is 4.08. The first kappa shape index (κ1) is 16.2. The molecule has 7 heteroatoms. The number of nitrogens with zero attached hydrogens (tertiary/aromatic N) is 3. The molecule has 1 aromatic carbocycles. The van der Waals surface area contributed by atoms with E-state index in [1.165, 1.54) is 32.1 Å². The minimum Gasteiger partial charge on any atom is -0.408 e. The second kappa shape index (κ2) is 6.92. The second-order valence-electron chi connectivity index (χ2n) is 6.95. The number of carbonyl (C=O) groups excluding carboxylic acids is 1. The first-order valence-electron chi connectivity index (χ1n) is 9.16. The highest BCUT2D eigenvalue weighted by atomic mass is 16.5. The molecule has 2 aromatic rings. The Bertz CT molecular complexity index is 745. The SMILES string of the molecule is NC(=O)Oc1cccc2[nH]c(N3CCN(C4CCCCC4)CC3)nc12. The van der Waals surface area contributed by atoms with Crippen molar-refractivity contribution in [2.45, 2.75) is 38.1 Å². The standard InChI is InChI=1S/C18H25N5O2/c19-17(24)25-15-8-4-7-14-16(15)21-18(20-14)23-11-9-22(10-12-23)13-5-2-1-3-6-13/h4,7-8,13H,1-3,5-6,9-12H2,(H2,19,24)(H,20,21). The lowest BCUT2D eigenvalue weighted by Crippen LogP contribution is -2.51. The van der Waals surface area contributed by atoms with E-state index in [1.807, 2.05) is 12.1 Å². The van der Waals surface area contributed by atoms with Crippen LogP contribution in [-0.4, -0.2) is 53.2 Å². The first-order valence-corrected chi connectivity index (χ1v) is 9.16. The summed E-state index contributed by atoms with van der Waals surface area (Å²) in [6.07, 6.45) is 6.01. The molecule has 0 atom stereocenters. The minimum atomic E-state index is -0.821. The number of amides is 1. The maximum Gasteiger partial charge on any atom is 0.410 e. The van der Waals surface area contributed by atoms with Crippen LogP contribution in [0.4, 0.5) is 10.7 Å². The Balaban J connectivity index is 1.46. The van der Waals surface area contributed by atoms with E-state index < -0.39 is 6.09 Å². The lowest BCUT2D eigenvalue weighted by Gasteiger charge is -2.40. The van der Waals surface area contributed by atoms with Gasteiger partial charge in [0.1, 0.15) is 5.52 Å². The Kier molecular flexibility index (Phi) is 4.48. The number of hydrogen-bond acceptors (Lipinski definition) is 5. The number of fused-ring (bicyclic) bond motifs is 1. The molecule has 1 aliphatic heterocycles. The molecule has 1 aliphatic carbocycles. The molecule has 1 saturated carbocycles. The number of nitrogens with one attached hydrogen (secondary N) is 1. The van der Waals surface area contributed by atoms with Crippen molar-refractivity contribution in [3.05, 3.63) is 18.2 Å². The van der Waals surface area contributed by atoms with Crippen LogP contribution >= 0.6 is 0 Å². The molecule has 4 rings (SSSR count). The number of hydrogen-bond donors (Lipinski definition) is 2. The first-order chi connectivity index (χ1) is 12.2. The zero-order chi connectivity index (χ0) is 17.2. The Morgan fingerprint density at radius 1 is 1.16 bits per heavy atom. The monoisotopic (exact) mass is 343 g/mol. The third-order valence-electron chi connectivity index (χ3n) is 5.38. The number of aromatic nitrogens is 2. The molecule has 0 spiro atoms. The average Bonchev–Trinajstić information content (AvgIpc) is 3.08. The Hall–Kier alpha value is -2.28. The normalized spacial score (nSPS) is 20.1. The number of primary amides is 1. The van der Waals surface area contributed by atoms with Crippen LogP contribution in [0.3, 0.4) is 0 Å². The lowest BCUT2D eigenvalue weighted by molar-refractivity contribution is 0.147. The van der Waals surface area contributed by atoms with Gasteiger partial charge in [0.15, 0.2) is 5.75 Å². The van der Waals surface area contributed by atoms with Crippen molar-refractivity contribution in [2.24, 2.45) is 5.73 Å². The summed E-state index contributed by atoms with van der Waals surface area (Å²) in [5.74, 6) is 1.23. The number of rotatable bonds is 3. The number of imidazole rings is 1. The summed E-state index contributed by atoms with van der Waals surface area (Å²) in [5.41, 5.74) is 6.63. The smallest absolute Gasteiger partial charge is 0.408 e. The van der Waals surface area contributed by atoms with Gasteiger partial charge in [-0.3, -0.25) is 4.90 Å². The molecule has 2 heterocycles. The predicted molar refractivity (Wildman–Crippen MR) is 97.0 cm³/mol.